The molecule has 0 unspecified atom stereocenters. The summed E-state index contributed by atoms with van der Waals surface area (Å²) < 4.78 is 107. The molecule has 7 aliphatic rings. The van der Waals surface area contributed by atoms with Crippen molar-refractivity contribution >= 4 is 22.8 Å². The first-order valence-corrected chi connectivity index (χ1v) is 18.8. The molecule has 2 N–H and O–H groups in total. The molecule has 0 atom stereocenters. The van der Waals surface area contributed by atoms with Crippen LogP contribution in [0.1, 0.15) is 92.7 Å². The molecular weight excluding hydrogens is 723 g/mol. The van der Waals surface area contributed by atoms with Crippen molar-refractivity contribution in [2.75, 3.05) is 13.1 Å². The van der Waals surface area contributed by atoms with E-state index in [1.54, 1.807) is 33.9 Å². The zero-order valence-electron chi connectivity index (χ0n) is 29.2. The quantitative estimate of drug-likeness (QED) is 0.226. The van der Waals surface area contributed by atoms with E-state index in [0.29, 0.717) is 67.0 Å². The zero-order valence-corrected chi connectivity index (χ0v) is 29.2. The molecule has 1 aliphatic heterocycles. The highest BCUT2D eigenvalue weighted by atomic mass is 19.4. The number of benzene rings is 1. The fourth-order valence-corrected chi connectivity index (χ4v) is 10.7. The molecule has 6 saturated carbocycles. The highest BCUT2D eigenvalue weighted by Crippen LogP contribution is 2.58. The number of nitrogens with zero attached hydrogens (tertiary/aromatic N) is 4. The van der Waals surface area contributed by atoms with Crippen LogP contribution in [0.5, 0.6) is 5.75 Å². The summed E-state index contributed by atoms with van der Waals surface area (Å²) in [4.78, 5) is 36.4. The minimum absolute atomic E-state index is 0.00901. The van der Waals surface area contributed by atoms with Gasteiger partial charge in [0.2, 0.25) is 5.92 Å². The first-order chi connectivity index (χ1) is 25.5. The predicted octanol–water partition coefficient (Wildman–Crippen LogP) is 7.74. The Labute approximate surface area is 305 Å². The third-order valence-corrected chi connectivity index (χ3v) is 13.3. The van der Waals surface area contributed by atoms with Gasteiger partial charge in [-0.3, -0.25) is 9.69 Å². The maximum atomic E-state index is 14.7. The topological polar surface area (TPSA) is 110 Å². The second kappa shape index (κ2) is 12.3. The van der Waals surface area contributed by atoms with Gasteiger partial charge in [0, 0.05) is 67.2 Å². The molecule has 7 fully saturated rings. The van der Waals surface area contributed by atoms with Crippen molar-refractivity contribution in [3.63, 3.8) is 0 Å². The summed E-state index contributed by atoms with van der Waals surface area (Å²) in [6, 6.07) is 4.56. The fourth-order valence-electron chi connectivity index (χ4n) is 10.7. The summed E-state index contributed by atoms with van der Waals surface area (Å²) in [6.45, 7) is -0.552. The molecule has 1 saturated heterocycles. The van der Waals surface area contributed by atoms with Crippen molar-refractivity contribution in [3.8, 4) is 17.1 Å². The van der Waals surface area contributed by atoms with Crippen LogP contribution in [-0.4, -0.2) is 79.0 Å². The van der Waals surface area contributed by atoms with Crippen molar-refractivity contribution in [2.24, 2.45) is 23.7 Å². The van der Waals surface area contributed by atoms with Gasteiger partial charge in [0.1, 0.15) is 17.4 Å². The molecule has 0 radical (unpaired) electrons. The van der Waals surface area contributed by atoms with Crippen LogP contribution in [0.2, 0.25) is 0 Å². The molecule has 290 valence electrons. The van der Waals surface area contributed by atoms with Crippen molar-refractivity contribution in [1.29, 1.82) is 0 Å². The van der Waals surface area contributed by atoms with Crippen LogP contribution in [0.4, 0.5) is 30.7 Å². The number of halogens is 7. The number of likely N-dealkylation sites (tertiary alicyclic amines) is 1. The normalized spacial score (nSPS) is 32.9. The molecule has 10 rings (SSSR count). The average molecular weight is 764 g/mol. The number of aromatic nitrogens is 3. The number of hydrogen-bond acceptors (Lipinski definition) is 6. The molecule has 54 heavy (non-hydrogen) atoms. The van der Waals surface area contributed by atoms with E-state index < -0.39 is 52.7 Å². The van der Waals surface area contributed by atoms with Gasteiger partial charge in [0.25, 0.3) is 11.8 Å². The molecule has 3 aromatic rings. The number of hydrogen-bond donors (Lipinski definition) is 2. The van der Waals surface area contributed by atoms with Crippen LogP contribution in [0.25, 0.3) is 22.3 Å². The lowest BCUT2D eigenvalue weighted by atomic mass is 9.48. The smallest absolute Gasteiger partial charge is 0.434 e. The monoisotopic (exact) mass is 763 g/mol. The number of fused-ring (bicyclic) bond motifs is 1. The van der Waals surface area contributed by atoms with Gasteiger partial charge in [-0.15, -0.1) is 0 Å². The molecular formula is C38H40F7N5O4. The molecule has 0 spiro atoms. The predicted molar refractivity (Wildman–Crippen MR) is 179 cm³/mol. The van der Waals surface area contributed by atoms with E-state index in [1.807, 2.05) is 0 Å². The van der Waals surface area contributed by atoms with E-state index in [4.69, 9.17) is 4.74 Å². The van der Waals surface area contributed by atoms with E-state index in [1.165, 1.54) is 0 Å². The molecule has 1 amide bonds. The number of alkyl halides is 7. The number of amides is 1. The van der Waals surface area contributed by atoms with Gasteiger partial charge in [0.15, 0.2) is 11.5 Å². The van der Waals surface area contributed by atoms with Crippen molar-refractivity contribution in [1.82, 2.24) is 24.8 Å². The summed E-state index contributed by atoms with van der Waals surface area (Å²) in [5.41, 5.74) is -3.36. The minimum atomic E-state index is -5.11. The molecule has 3 heterocycles. The Bertz CT molecular complexity index is 1960. The Morgan fingerprint density at radius 2 is 1.54 bits per heavy atom. The van der Waals surface area contributed by atoms with E-state index >= 15 is 0 Å². The molecule has 6 aliphatic carbocycles. The van der Waals surface area contributed by atoms with Crippen LogP contribution in [0.15, 0.2) is 30.6 Å². The highest BCUT2D eigenvalue weighted by molar-refractivity contribution is 6.00. The minimum Gasteiger partial charge on any atom is -0.490 e. The van der Waals surface area contributed by atoms with Gasteiger partial charge >= 0.3 is 12.1 Å². The Hall–Kier alpha value is -3.95. The summed E-state index contributed by atoms with van der Waals surface area (Å²) in [5, 5.41) is 13.5. The third-order valence-electron chi connectivity index (χ3n) is 13.3. The van der Waals surface area contributed by atoms with Gasteiger partial charge < -0.3 is 19.7 Å². The SMILES string of the molecule is O=C(NC1(C(=O)O)C2CC3CC(C2)CC1C3)c1cnc(-c2cn(C3CCC(F)(F)CC3)c3cc(OC4CC(N5CC(F)(F)C5)C4)ccc23)nc1C(F)(F)F. The fraction of sp³-hybridized carbons (Fsp3) is 0.632. The van der Waals surface area contributed by atoms with E-state index in [9.17, 15) is 45.4 Å². The number of rotatable bonds is 8. The molecule has 2 aromatic heterocycles. The average Bonchev–Trinajstić information content (AvgIpc) is 3.44. The number of carboxylic acids is 1. The number of carboxylic acid groups (broad SMARTS) is 1. The maximum Gasteiger partial charge on any atom is 0.434 e. The Morgan fingerprint density at radius 3 is 2.13 bits per heavy atom. The van der Waals surface area contributed by atoms with Crippen LogP contribution >= 0.6 is 0 Å². The molecule has 1 aromatic carbocycles. The molecule has 9 nitrogen and oxygen atoms in total. The Balaban J connectivity index is 1.03. The Kier molecular flexibility index (Phi) is 8.12. The summed E-state index contributed by atoms with van der Waals surface area (Å²) in [7, 11) is 0. The van der Waals surface area contributed by atoms with Crippen molar-refractivity contribution in [2.45, 2.75) is 112 Å². The van der Waals surface area contributed by atoms with Crippen LogP contribution in [-0.2, 0) is 11.0 Å². The highest BCUT2D eigenvalue weighted by Gasteiger charge is 2.62. The number of ether oxygens (including phenoxy) is 1. The van der Waals surface area contributed by atoms with E-state index in [0.717, 1.165) is 12.6 Å². The summed E-state index contributed by atoms with van der Waals surface area (Å²) in [5.74, 6) is -7.92. The lowest BCUT2D eigenvalue weighted by Crippen LogP contribution is -2.70. The number of carbonyl (C=O) groups is 2. The van der Waals surface area contributed by atoms with Gasteiger partial charge in [-0.05, 0) is 80.8 Å². The number of carbonyl (C=O) groups excluding carboxylic acids is 1. The molecule has 4 bridgehead atoms. The van der Waals surface area contributed by atoms with Crippen molar-refractivity contribution in [3.05, 3.63) is 41.9 Å². The van der Waals surface area contributed by atoms with Crippen molar-refractivity contribution < 1.29 is 50.2 Å². The lowest BCUT2D eigenvalue weighted by Gasteiger charge is -2.59. The third kappa shape index (κ3) is 6.01. The lowest BCUT2D eigenvalue weighted by molar-refractivity contribution is -0.165. The summed E-state index contributed by atoms with van der Waals surface area (Å²) >= 11 is 0. The second-order valence-corrected chi connectivity index (χ2v) is 16.7. The first-order valence-electron chi connectivity index (χ1n) is 18.8. The number of nitrogens with one attached hydrogen (secondary N) is 1. The van der Waals surface area contributed by atoms with Gasteiger partial charge in [-0.1, -0.05) is 0 Å². The van der Waals surface area contributed by atoms with Crippen LogP contribution < -0.4 is 10.1 Å². The van der Waals surface area contributed by atoms with E-state index in [2.05, 4.69) is 15.3 Å². The maximum absolute atomic E-state index is 14.7. The van der Waals surface area contributed by atoms with Gasteiger partial charge in [-0.25, -0.2) is 32.3 Å². The first kappa shape index (κ1) is 35.7. The largest absolute Gasteiger partial charge is 0.490 e. The standard InChI is InChI=1S/C38H40F7N5O4/c39-35(40)5-3-23(4-6-35)50-16-29(27-2-1-25(14-30(27)50)54-26-12-24(13-26)49-17-36(41,42)18-49)32-46-15-28(31(47-32)38(43,44)45)33(51)48-37(34(52)53)21-8-19-7-20(10-21)11-22(37)9-19/h1-2,14-16,19-24,26H,3-13,17-18H2,(H,48,51)(H,52,53). The zero-order chi connectivity index (χ0) is 37.9. The van der Waals surface area contributed by atoms with Crippen LogP contribution in [0.3, 0.4) is 0 Å². The van der Waals surface area contributed by atoms with Gasteiger partial charge in [0.05, 0.1) is 24.2 Å². The number of aliphatic carboxylic acids is 1. The Morgan fingerprint density at radius 1 is 0.889 bits per heavy atom. The molecule has 16 heteroatoms. The van der Waals surface area contributed by atoms with Crippen LogP contribution in [0, 0.1) is 23.7 Å². The van der Waals surface area contributed by atoms with Gasteiger partial charge in [-0.2, -0.15) is 13.2 Å². The van der Waals surface area contributed by atoms with E-state index in [-0.39, 0.29) is 74.1 Å². The second-order valence-electron chi connectivity index (χ2n) is 16.7. The summed E-state index contributed by atoms with van der Waals surface area (Å²) in [6.07, 6.45) is 1.03.